The number of amides is 2. The fourth-order valence-corrected chi connectivity index (χ4v) is 3.16. The Morgan fingerprint density at radius 3 is 2.07 bits per heavy atom. The van der Waals surface area contributed by atoms with Crippen molar-refractivity contribution in [3.8, 4) is 5.75 Å². The van der Waals surface area contributed by atoms with E-state index in [1.165, 1.54) is 17.7 Å². The molecule has 3 atom stereocenters. The number of rotatable bonds is 9. The molecule has 3 rings (SSSR count). The Hall–Kier alpha value is -2.92. The largest absolute Gasteiger partial charge is 0.463 e. The summed E-state index contributed by atoms with van der Waals surface area (Å²) >= 11 is 0. The van der Waals surface area contributed by atoms with Crippen molar-refractivity contribution in [2.45, 2.75) is 45.5 Å². The molecule has 0 aliphatic carbocycles. The van der Waals surface area contributed by atoms with E-state index in [0.29, 0.717) is 11.7 Å². The Kier molecular flexibility index (Phi) is 6.83. The second-order valence-electron chi connectivity index (χ2n) is 7.24. The van der Waals surface area contributed by atoms with Gasteiger partial charge in [0.2, 0.25) is 6.29 Å². The van der Waals surface area contributed by atoms with Gasteiger partial charge in [-0.3, -0.25) is 14.5 Å². The average Bonchev–Trinajstić information content (AvgIpc) is 3.06. The normalized spacial score (nSPS) is 16.7. The van der Waals surface area contributed by atoms with Crippen molar-refractivity contribution in [2.75, 3.05) is 6.54 Å². The van der Waals surface area contributed by atoms with Gasteiger partial charge in [-0.1, -0.05) is 56.3 Å². The highest BCUT2D eigenvalue weighted by Gasteiger charge is 2.29. The van der Waals surface area contributed by atoms with Crippen molar-refractivity contribution < 1.29 is 19.1 Å². The average molecular weight is 393 g/mol. The summed E-state index contributed by atoms with van der Waals surface area (Å²) in [4.78, 5) is 25.1. The van der Waals surface area contributed by atoms with E-state index < -0.39 is 6.29 Å². The molecule has 1 aliphatic heterocycles. The molecular formula is C24H27NO4. The van der Waals surface area contributed by atoms with Gasteiger partial charge in [-0.25, -0.2) is 0 Å². The number of hydrogen-bond donors (Lipinski definition) is 0. The fourth-order valence-electron chi connectivity index (χ4n) is 3.16. The summed E-state index contributed by atoms with van der Waals surface area (Å²) in [5, 5.41) is 0. The van der Waals surface area contributed by atoms with E-state index in [4.69, 9.17) is 9.47 Å². The number of ether oxygens (including phenoxy) is 2. The third kappa shape index (κ3) is 5.33. The van der Waals surface area contributed by atoms with Crippen LogP contribution in [0, 0.1) is 0 Å². The van der Waals surface area contributed by atoms with Crippen LogP contribution >= 0.6 is 0 Å². The van der Waals surface area contributed by atoms with Gasteiger partial charge in [0, 0.05) is 12.2 Å². The maximum Gasteiger partial charge on any atom is 0.253 e. The van der Waals surface area contributed by atoms with Gasteiger partial charge >= 0.3 is 0 Å². The summed E-state index contributed by atoms with van der Waals surface area (Å²) in [6, 6.07) is 17.6. The molecule has 2 aromatic carbocycles. The SMILES string of the molecule is CCC(C)c1ccc(OC(CN2C(=O)C=CC2=O)OC(C)c2ccccc2)cc1. The summed E-state index contributed by atoms with van der Waals surface area (Å²) in [7, 11) is 0. The first-order chi connectivity index (χ1) is 14.0. The number of imide groups is 1. The minimum absolute atomic E-state index is 0.0228. The van der Waals surface area contributed by atoms with Crippen molar-refractivity contribution in [3.63, 3.8) is 0 Å². The zero-order valence-corrected chi connectivity index (χ0v) is 17.1. The summed E-state index contributed by atoms with van der Waals surface area (Å²) in [5.74, 6) is 0.396. The van der Waals surface area contributed by atoms with Crippen LogP contribution < -0.4 is 4.74 Å². The molecule has 2 amide bonds. The minimum atomic E-state index is -0.785. The van der Waals surface area contributed by atoms with Gasteiger partial charge in [0.05, 0.1) is 12.6 Å². The molecule has 0 fully saturated rings. The van der Waals surface area contributed by atoms with Gasteiger partial charge in [-0.2, -0.15) is 0 Å². The van der Waals surface area contributed by atoms with Crippen LogP contribution in [-0.4, -0.2) is 29.5 Å². The predicted octanol–water partition coefficient (Wildman–Crippen LogP) is 4.61. The van der Waals surface area contributed by atoms with Gasteiger partial charge in [-0.05, 0) is 42.5 Å². The third-order valence-electron chi connectivity index (χ3n) is 5.19. The summed E-state index contributed by atoms with van der Waals surface area (Å²) in [5.41, 5.74) is 2.23. The van der Waals surface area contributed by atoms with Crippen LogP contribution in [0.2, 0.25) is 0 Å². The molecule has 0 N–H and O–H groups in total. The van der Waals surface area contributed by atoms with E-state index in [9.17, 15) is 9.59 Å². The lowest BCUT2D eigenvalue weighted by Crippen LogP contribution is -2.41. The van der Waals surface area contributed by atoms with Crippen LogP contribution in [0.5, 0.6) is 5.75 Å². The van der Waals surface area contributed by atoms with E-state index in [1.807, 2.05) is 61.5 Å². The maximum absolute atomic E-state index is 12.0. The molecule has 0 radical (unpaired) electrons. The molecule has 0 spiro atoms. The highest BCUT2D eigenvalue weighted by molar-refractivity contribution is 6.12. The molecule has 3 unspecified atom stereocenters. The smallest absolute Gasteiger partial charge is 0.253 e. The molecule has 152 valence electrons. The predicted molar refractivity (Wildman–Crippen MR) is 111 cm³/mol. The monoisotopic (exact) mass is 393 g/mol. The van der Waals surface area contributed by atoms with Gasteiger partial charge in [-0.15, -0.1) is 0 Å². The summed E-state index contributed by atoms with van der Waals surface area (Å²) < 4.78 is 12.1. The second-order valence-corrected chi connectivity index (χ2v) is 7.24. The zero-order chi connectivity index (χ0) is 20.8. The summed E-state index contributed by atoms with van der Waals surface area (Å²) in [6.45, 7) is 6.28. The van der Waals surface area contributed by atoms with Gasteiger partial charge in [0.25, 0.3) is 11.8 Å². The lowest BCUT2D eigenvalue weighted by molar-refractivity contribution is -0.153. The van der Waals surface area contributed by atoms with Crippen LogP contribution in [0.4, 0.5) is 0 Å². The number of carbonyl (C=O) groups is 2. The molecule has 2 aromatic rings. The first kappa shape index (κ1) is 20.8. The Labute approximate surface area is 171 Å². The molecule has 1 aliphatic rings. The molecule has 5 nitrogen and oxygen atoms in total. The zero-order valence-electron chi connectivity index (χ0n) is 17.1. The third-order valence-corrected chi connectivity index (χ3v) is 5.19. The Morgan fingerprint density at radius 2 is 1.48 bits per heavy atom. The van der Waals surface area contributed by atoms with E-state index >= 15 is 0 Å². The molecule has 0 bridgehead atoms. The topological polar surface area (TPSA) is 55.8 Å². The molecular weight excluding hydrogens is 366 g/mol. The first-order valence-corrected chi connectivity index (χ1v) is 9.98. The maximum atomic E-state index is 12.0. The van der Waals surface area contributed by atoms with Crippen LogP contribution in [0.15, 0.2) is 66.7 Å². The van der Waals surface area contributed by atoms with Crippen molar-refractivity contribution in [2.24, 2.45) is 0 Å². The van der Waals surface area contributed by atoms with Crippen LogP contribution in [0.25, 0.3) is 0 Å². The molecule has 0 saturated heterocycles. The van der Waals surface area contributed by atoms with E-state index in [2.05, 4.69) is 13.8 Å². The first-order valence-electron chi connectivity index (χ1n) is 9.98. The number of carbonyl (C=O) groups excluding carboxylic acids is 2. The molecule has 0 aromatic heterocycles. The quantitative estimate of drug-likeness (QED) is 0.461. The van der Waals surface area contributed by atoms with Crippen LogP contribution in [0.3, 0.4) is 0 Å². The highest BCUT2D eigenvalue weighted by Crippen LogP contribution is 2.25. The van der Waals surface area contributed by atoms with Crippen molar-refractivity contribution in [3.05, 3.63) is 77.9 Å². The Bertz CT molecular complexity index is 842. The molecule has 1 heterocycles. The Balaban J connectivity index is 1.74. The minimum Gasteiger partial charge on any atom is -0.463 e. The molecule has 5 heteroatoms. The van der Waals surface area contributed by atoms with E-state index in [-0.39, 0.29) is 24.5 Å². The Morgan fingerprint density at radius 1 is 0.862 bits per heavy atom. The lowest BCUT2D eigenvalue weighted by Gasteiger charge is -2.27. The van der Waals surface area contributed by atoms with Crippen LogP contribution in [0.1, 0.15) is 50.3 Å². The molecule has 0 saturated carbocycles. The van der Waals surface area contributed by atoms with Gasteiger partial charge in [0.15, 0.2) is 0 Å². The van der Waals surface area contributed by atoms with Crippen molar-refractivity contribution >= 4 is 11.8 Å². The summed E-state index contributed by atoms with van der Waals surface area (Å²) in [6.07, 6.45) is 2.54. The second kappa shape index (κ2) is 9.52. The van der Waals surface area contributed by atoms with Crippen molar-refractivity contribution in [1.29, 1.82) is 0 Å². The lowest BCUT2D eigenvalue weighted by atomic mass is 9.99. The highest BCUT2D eigenvalue weighted by atomic mass is 16.7. The van der Waals surface area contributed by atoms with Gasteiger partial charge < -0.3 is 9.47 Å². The molecule has 29 heavy (non-hydrogen) atoms. The van der Waals surface area contributed by atoms with E-state index in [0.717, 1.165) is 16.9 Å². The van der Waals surface area contributed by atoms with Crippen molar-refractivity contribution in [1.82, 2.24) is 4.90 Å². The van der Waals surface area contributed by atoms with Crippen LogP contribution in [-0.2, 0) is 14.3 Å². The number of nitrogens with zero attached hydrogens (tertiary/aromatic N) is 1. The fraction of sp³-hybridized carbons (Fsp3) is 0.333. The number of hydrogen-bond acceptors (Lipinski definition) is 4. The number of benzene rings is 2. The van der Waals surface area contributed by atoms with E-state index in [1.54, 1.807) is 0 Å². The standard InChI is InChI=1S/C24H27NO4/c1-4-17(2)19-10-12-21(13-11-19)29-24(16-25-22(26)14-15-23(25)27)28-18(3)20-8-6-5-7-9-20/h5-15,17-18,24H,4,16H2,1-3H3. The van der Waals surface area contributed by atoms with Gasteiger partial charge in [0.1, 0.15) is 5.75 Å².